The van der Waals surface area contributed by atoms with Gasteiger partial charge in [0.15, 0.2) is 11.6 Å². The molecule has 1 aliphatic heterocycles. The molecule has 3 aliphatic rings. The summed E-state index contributed by atoms with van der Waals surface area (Å²) in [4.78, 5) is 41.6. The van der Waals surface area contributed by atoms with Gasteiger partial charge in [0, 0.05) is 44.1 Å². The van der Waals surface area contributed by atoms with Gasteiger partial charge in [-0.15, -0.1) is 0 Å². The van der Waals surface area contributed by atoms with Gasteiger partial charge in [0.1, 0.15) is 11.6 Å². The number of nitrogens with zero attached hydrogens (tertiary/aromatic N) is 4. The van der Waals surface area contributed by atoms with Crippen LogP contribution in [0.5, 0.6) is 0 Å². The summed E-state index contributed by atoms with van der Waals surface area (Å²) < 4.78 is 32.9. The van der Waals surface area contributed by atoms with Gasteiger partial charge in [-0.3, -0.25) is 9.59 Å². The van der Waals surface area contributed by atoms with Crippen LogP contribution in [0.1, 0.15) is 48.6 Å². The molecular weight excluding hydrogens is 494 g/mol. The topological polar surface area (TPSA) is 113 Å². The predicted molar refractivity (Wildman–Crippen MR) is 131 cm³/mol. The SMILES string of the molecule is O=C(N[C@H]1CCN(CC2CC2)C[C@@H]1C(=O)NC1(c2ncccn2)CC1)c1ncc(-c2ccc(F)cc2F)o1. The van der Waals surface area contributed by atoms with Crippen LogP contribution >= 0.6 is 0 Å². The summed E-state index contributed by atoms with van der Waals surface area (Å²) in [6.45, 7) is 2.23. The van der Waals surface area contributed by atoms with Crippen LogP contribution in [0.25, 0.3) is 11.3 Å². The maximum absolute atomic E-state index is 14.2. The van der Waals surface area contributed by atoms with Crippen LogP contribution in [-0.2, 0) is 10.3 Å². The highest BCUT2D eigenvalue weighted by Gasteiger charge is 2.50. The Labute approximate surface area is 218 Å². The molecule has 2 aliphatic carbocycles. The third kappa shape index (κ3) is 5.15. The van der Waals surface area contributed by atoms with E-state index in [1.165, 1.54) is 25.1 Å². The normalized spacial score (nSPS) is 22.6. The largest absolute Gasteiger partial charge is 0.432 e. The number of carbonyl (C=O) groups excluding carboxylic acids is 2. The van der Waals surface area contributed by atoms with Crippen molar-refractivity contribution >= 4 is 11.8 Å². The third-order valence-electron chi connectivity index (χ3n) is 7.57. The second kappa shape index (κ2) is 9.86. The van der Waals surface area contributed by atoms with Crippen molar-refractivity contribution < 1.29 is 22.8 Å². The number of hydrogen-bond acceptors (Lipinski definition) is 7. The molecule has 2 aromatic heterocycles. The standard InChI is InChI=1S/C27H28F2N6O3/c28-17-4-5-18(20(29)12-17)22-13-32-25(38-22)24(37)33-21-6-11-35(14-16-2-3-16)15-19(21)23(36)34-27(7-8-27)26-30-9-1-10-31-26/h1,4-5,9-10,12-13,16,19,21H,2-3,6-8,11,14-15H2,(H,33,37)(H,34,36)/t19-,21-/m0/s1. The van der Waals surface area contributed by atoms with Crippen molar-refractivity contribution in [2.24, 2.45) is 11.8 Å². The van der Waals surface area contributed by atoms with Crippen LogP contribution in [0, 0.1) is 23.5 Å². The van der Waals surface area contributed by atoms with Gasteiger partial charge in [0.2, 0.25) is 5.91 Å². The van der Waals surface area contributed by atoms with Crippen LogP contribution < -0.4 is 10.6 Å². The highest BCUT2D eigenvalue weighted by atomic mass is 19.1. The Bertz CT molecular complexity index is 1340. The lowest BCUT2D eigenvalue weighted by Crippen LogP contribution is -2.57. The van der Waals surface area contributed by atoms with E-state index in [9.17, 15) is 18.4 Å². The molecular formula is C27H28F2N6O3. The second-order valence-corrected chi connectivity index (χ2v) is 10.5. The quantitative estimate of drug-likeness (QED) is 0.468. The molecule has 2 saturated carbocycles. The fraction of sp³-hybridized carbons (Fsp3) is 0.444. The molecule has 6 rings (SSSR count). The number of amides is 2. The molecule has 2 atom stereocenters. The van der Waals surface area contributed by atoms with Crippen LogP contribution in [0.4, 0.5) is 8.78 Å². The molecule has 3 heterocycles. The first kappa shape index (κ1) is 24.6. The van der Waals surface area contributed by atoms with Gasteiger partial charge < -0.3 is 20.0 Å². The van der Waals surface area contributed by atoms with E-state index in [4.69, 9.17) is 4.42 Å². The molecule has 9 nitrogen and oxygen atoms in total. The summed E-state index contributed by atoms with van der Waals surface area (Å²) in [5.74, 6) is -1.73. The summed E-state index contributed by atoms with van der Waals surface area (Å²) in [6.07, 6.45) is 9.09. The maximum atomic E-state index is 14.2. The van der Waals surface area contributed by atoms with E-state index >= 15 is 0 Å². The number of rotatable bonds is 8. The van der Waals surface area contributed by atoms with Gasteiger partial charge in [-0.2, -0.15) is 0 Å². The van der Waals surface area contributed by atoms with E-state index in [0.717, 1.165) is 38.1 Å². The minimum atomic E-state index is -0.815. The molecule has 1 saturated heterocycles. The number of likely N-dealkylation sites (tertiary alicyclic amines) is 1. The van der Waals surface area contributed by atoms with Crippen molar-refractivity contribution in [2.45, 2.75) is 43.7 Å². The van der Waals surface area contributed by atoms with Crippen molar-refractivity contribution in [1.29, 1.82) is 0 Å². The molecule has 0 radical (unpaired) electrons. The van der Waals surface area contributed by atoms with Gasteiger partial charge in [-0.25, -0.2) is 23.7 Å². The van der Waals surface area contributed by atoms with Gasteiger partial charge >= 0.3 is 5.91 Å². The van der Waals surface area contributed by atoms with Crippen molar-refractivity contribution in [3.8, 4) is 11.3 Å². The highest BCUT2D eigenvalue weighted by molar-refractivity contribution is 5.91. The number of piperidine rings is 1. The Balaban J connectivity index is 1.17. The highest BCUT2D eigenvalue weighted by Crippen LogP contribution is 2.44. The van der Waals surface area contributed by atoms with Gasteiger partial charge in [-0.1, -0.05) is 0 Å². The molecule has 2 N–H and O–H groups in total. The number of halogens is 2. The molecule has 1 aromatic carbocycles. The second-order valence-electron chi connectivity index (χ2n) is 10.5. The summed E-state index contributed by atoms with van der Waals surface area (Å²) >= 11 is 0. The monoisotopic (exact) mass is 522 g/mol. The van der Waals surface area contributed by atoms with Gasteiger partial charge in [-0.05, 0) is 56.2 Å². The van der Waals surface area contributed by atoms with E-state index in [1.54, 1.807) is 18.5 Å². The Kier molecular flexibility index (Phi) is 6.38. The fourth-order valence-electron chi connectivity index (χ4n) is 5.12. The average molecular weight is 523 g/mol. The Morgan fingerprint density at radius 1 is 1.11 bits per heavy atom. The number of aromatic nitrogens is 3. The maximum Gasteiger partial charge on any atom is 0.307 e. The number of nitrogens with one attached hydrogen (secondary N) is 2. The van der Waals surface area contributed by atoms with Crippen LogP contribution in [-0.4, -0.2) is 57.3 Å². The Morgan fingerprint density at radius 3 is 2.61 bits per heavy atom. The Morgan fingerprint density at radius 2 is 1.89 bits per heavy atom. The molecule has 0 unspecified atom stereocenters. The Hall–Kier alpha value is -3.73. The molecule has 0 spiro atoms. The van der Waals surface area contributed by atoms with E-state index in [2.05, 4.69) is 30.5 Å². The van der Waals surface area contributed by atoms with Gasteiger partial charge in [0.25, 0.3) is 5.89 Å². The lowest BCUT2D eigenvalue weighted by atomic mass is 9.90. The minimum Gasteiger partial charge on any atom is -0.432 e. The minimum absolute atomic E-state index is 0.00134. The summed E-state index contributed by atoms with van der Waals surface area (Å²) in [5.41, 5.74) is -0.566. The van der Waals surface area contributed by atoms with Crippen molar-refractivity contribution in [3.05, 3.63) is 66.2 Å². The zero-order chi connectivity index (χ0) is 26.3. The first-order valence-electron chi connectivity index (χ1n) is 12.9. The van der Waals surface area contributed by atoms with E-state index < -0.39 is 35.0 Å². The molecule has 198 valence electrons. The summed E-state index contributed by atoms with van der Waals surface area (Å²) in [7, 11) is 0. The average Bonchev–Trinajstić information content (AvgIpc) is 3.84. The first-order chi connectivity index (χ1) is 18.4. The first-order valence-corrected chi connectivity index (χ1v) is 12.9. The number of oxazole rings is 1. The zero-order valence-corrected chi connectivity index (χ0v) is 20.7. The molecule has 3 aromatic rings. The van der Waals surface area contributed by atoms with Crippen molar-refractivity contribution in [2.75, 3.05) is 19.6 Å². The fourth-order valence-corrected chi connectivity index (χ4v) is 5.12. The zero-order valence-electron chi connectivity index (χ0n) is 20.7. The van der Waals surface area contributed by atoms with Crippen LogP contribution in [0.15, 0.2) is 47.3 Å². The van der Waals surface area contributed by atoms with Crippen LogP contribution in [0.2, 0.25) is 0 Å². The third-order valence-corrected chi connectivity index (χ3v) is 7.57. The molecule has 38 heavy (non-hydrogen) atoms. The number of benzene rings is 1. The van der Waals surface area contributed by atoms with E-state index in [0.29, 0.717) is 24.7 Å². The lowest BCUT2D eigenvalue weighted by Gasteiger charge is -2.38. The lowest BCUT2D eigenvalue weighted by molar-refractivity contribution is -0.128. The van der Waals surface area contributed by atoms with Gasteiger partial charge in [0.05, 0.1) is 23.2 Å². The smallest absolute Gasteiger partial charge is 0.307 e. The van der Waals surface area contributed by atoms with Crippen molar-refractivity contribution in [1.82, 2.24) is 30.5 Å². The van der Waals surface area contributed by atoms with E-state index in [-0.39, 0.29) is 23.1 Å². The molecule has 0 bridgehead atoms. The summed E-state index contributed by atoms with van der Waals surface area (Å²) in [6, 6.07) is 4.37. The predicted octanol–water partition coefficient (Wildman–Crippen LogP) is 3.05. The van der Waals surface area contributed by atoms with Crippen LogP contribution in [0.3, 0.4) is 0 Å². The summed E-state index contributed by atoms with van der Waals surface area (Å²) in [5, 5.41) is 6.09. The number of hydrogen-bond donors (Lipinski definition) is 2. The van der Waals surface area contributed by atoms with E-state index in [1.807, 2.05) is 0 Å². The molecule has 11 heteroatoms. The number of carbonyl (C=O) groups is 2. The molecule has 2 amide bonds. The van der Waals surface area contributed by atoms with Crippen molar-refractivity contribution in [3.63, 3.8) is 0 Å². The molecule has 3 fully saturated rings.